The molecule has 0 aromatic heterocycles. The van der Waals surface area contributed by atoms with Gasteiger partial charge in [-0.15, -0.1) is 0 Å². The minimum Gasteiger partial charge on any atom is -0.273 e. The predicted molar refractivity (Wildman–Crippen MR) is 51.2 cm³/mol. The standard InChI is InChI=1S/C10H13ClO/c1-10(2,12-11)8-9-6-4-3-5-7-9/h3-7H,8H2,1-2H3. The van der Waals surface area contributed by atoms with Crippen LogP contribution in [0.3, 0.4) is 0 Å². The van der Waals surface area contributed by atoms with Crippen LogP contribution in [0, 0.1) is 0 Å². The van der Waals surface area contributed by atoms with Crippen LogP contribution in [0.25, 0.3) is 0 Å². The van der Waals surface area contributed by atoms with Crippen LogP contribution in [0.2, 0.25) is 0 Å². The first-order valence-electron chi connectivity index (χ1n) is 3.98. The van der Waals surface area contributed by atoms with Crippen LogP contribution in [-0.4, -0.2) is 5.60 Å². The summed E-state index contributed by atoms with van der Waals surface area (Å²) in [6.07, 6.45) is 0.831. The lowest BCUT2D eigenvalue weighted by atomic mass is 9.99. The van der Waals surface area contributed by atoms with Crippen LogP contribution >= 0.6 is 11.9 Å². The predicted octanol–water partition coefficient (Wildman–Crippen LogP) is 3.18. The van der Waals surface area contributed by atoms with Crippen molar-refractivity contribution in [2.24, 2.45) is 0 Å². The van der Waals surface area contributed by atoms with Gasteiger partial charge in [-0.3, -0.25) is 4.29 Å². The fourth-order valence-electron chi connectivity index (χ4n) is 1.11. The van der Waals surface area contributed by atoms with Crippen LogP contribution in [-0.2, 0) is 10.7 Å². The van der Waals surface area contributed by atoms with E-state index in [2.05, 4.69) is 12.1 Å². The van der Waals surface area contributed by atoms with Crippen LogP contribution in [0.15, 0.2) is 30.3 Å². The van der Waals surface area contributed by atoms with Gasteiger partial charge in [-0.05, 0) is 19.4 Å². The van der Waals surface area contributed by atoms with E-state index in [0.29, 0.717) is 0 Å². The summed E-state index contributed by atoms with van der Waals surface area (Å²) in [6.45, 7) is 3.93. The summed E-state index contributed by atoms with van der Waals surface area (Å²) in [5, 5.41) is 0. The van der Waals surface area contributed by atoms with Gasteiger partial charge in [0.25, 0.3) is 0 Å². The van der Waals surface area contributed by atoms with Gasteiger partial charge >= 0.3 is 0 Å². The van der Waals surface area contributed by atoms with Gasteiger partial charge in [0.05, 0.1) is 17.5 Å². The zero-order valence-corrected chi connectivity index (χ0v) is 8.14. The van der Waals surface area contributed by atoms with E-state index < -0.39 is 0 Å². The molecule has 0 aliphatic heterocycles. The highest BCUT2D eigenvalue weighted by Gasteiger charge is 2.18. The van der Waals surface area contributed by atoms with E-state index in [1.807, 2.05) is 32.0 Å². The second-order valence-electron chi connectivity index (χ2n) is 3.50. The molecule has 0 radical (unpaired) electrons. The lowest BCUT2D eigenvalue weighted by Gasteiger charge is -2.19. The van der Waals surface area contributed by atoms with Crippen molar-refractivity contribution in [3.05, 3.63) is 35.9 Å². The molecule has 66 valence electrons. The minimum atomic E-state index is -0.289. The number of hydrogen-bond donors (Lipinski definition) is 0. The molecule has 0 bridgehead atoms. The van der Waals surface area contributed by atoms with Crippen molar-refractivity contribution in [1.82, 2.24) is 0 Å². The van der Waals surface area contributed by atoms with Crippen molar-refractivity contribution in [2.75, 3.05) is 0 Å². The van der Waals surface area contributed by atoms with E-state index in [1.54, 1.807) is 0 Å². The lowest BCUT2D eigenvalue weighted by Crippen LogP contribution is -2.23. The molecule has 1 aromatic carbocycles. The number of benzene rings is 1. The van der Waals surface area contributed by atoms with Crippen molar-refractivity contribution in [2.45, 2.75) is 25.9 Å². The SMILES string of the molecule is CC(C)(Cc1ccccc1)OCl. The maximum absolute atomic E-state index is 5.34. The summed E-state index contributed by atoms with van der Waals surface area (Å²) in [5.74, 6) is 0. The Morgan fingerprint density at radius 2 is 1.83 bits per heavy atom. The van der Waals surface area contributed by atoms with Crippen molar-refractivity contribution >= 4 is 11.9 Å². The molecule has 1 aromatic rings. The molecular weight excluding hydrogens is 172 g/mol. The quantitative estimate of drug-likeness (QED) is 0.701. The Bertz CT molecular complexity index is 231. The molecule has 0 saturated heterocycles. The zero-order valence-electron chi connectivity index (χ0n) is 7.38. The average molecular weight is 185 g/mol. The zero-order chi connectivity index (χ0) is 9.03. The molecule has 0 aliphatic rings. The Labute approximate surface area is 78.5 Å². The van der Waals surface area contributed by atoms with Gasteiger partial charge in [0.1, 0.15) is 0 Å². The lowest BCUT2D eigenvalue weighted by molar-refractivity contribution is 0.126. The Morgan fingerprint density at radius 3 is 2.33 bits per heavy atom. The molecular formula is C10H13ClO. The van der Waals surface area contributed by atoms with Gasteiger partial charge in [-0.1, -0.05) is 30.3 Å². The fraction of sp³-hybridized carbons (Fsp3) is 0.400. The Balaban J connectivity index is 2.64. The fourth-order valence-corrected chi connectivity index (χ4v) is 1.17. The highest BCUT2D eigenvalue weighted by molar-refractivity contribution is 6.07. The van der Waals surface area contributed by atoms with Crippen molar-refractivity contribution in [1.29, 1.82) is 0 Å². The molecule has 2 heteroatoms. The molecule has 1 rings (SSSR count). The topological polar surface area (TPSA) is 9.23 Å². The molecule has 0 amide bonds. The second-order valence-corrected chi connectivity index (χ2v) is 3.65. The monoisotopic (exact) mass is 184 g/mol. The number of halogens is 1. The smallest absolute Gasteiger partial charge is 0.0881 e. The van der Waals surface area contributed by atoms with Crippen LogP contribution in [0.1, 0.15) is 19.4 Å². The maximum atomic E-state index is 5.34. The van der Waals surface area contributed by atoms with Gasteiger partial charge < -0.3 is 0 Å². The highest BCUT2D eigenvalue weighted by atomic mass is 35.5. The van der Waals surface area contributed by atoms with Crippen molar-refractivity contribution < 1.29 is 4.29 Å². The summed E-state index contributed by atoms with van der Waals surface area (Å²) in [5.41, 5.74) is 0.950. The third-order valence-electron chi connectivity index (χ3n) is 1.68. The molecule has 0 N–H and O–H groups in total. The summed E-state index contributed by atoms with van der Waals surface area (Å²) >= 11 is 5.34. The molecule has 0 atom stereocenters. The first-order chi connectivity index (χ1) is 5.64. The van der Waals surface area contributed by atoms with E-state index in [4.69, 9.17) is 16.2 Å². The minimum absolute atomic E-state index is 0.289. The molecule has 0 spiro atoms. The summed E-state index contributed by atoms with van der Waals surface area (Å²) in [7, 11) is 0. The molecule has 0 fully saturated rings. The third kappa shape index (κ3) is 2.84. The molecule has 0 aliphatic carbocycles. The Morgan fingerprint density at radius 1 is 1.25 bits per heavy atom. The van der Waals surface area contributed by atoms with E-state index in [-0.39, 0.29) is 5.60 Å². The van der Waals surface area contributed by atoms with E-state index in [0.717, 1.165) is 6.42 Å². The van der Waals surface area contributed by atoms with Gasteiger partial charge in [0.15, 0.2) is 0 Å². The van der Waals surface area contributed by atoms with Gasteiger partial charge in [0, 0.05) is 6.42 Å². The highest BCUT2D eigenvalue weighted by Crippen LogP contribution is 2.17. The average Bonchev–Trinajstić information content (AvgIpc) is 2.06. The van der Waals surface area contributed by atoms with Gasteiger partial charge in [-0.25, -0.2) is 0 Å². The van der Waals surface area contributed by atoms with E-state index in [9.17, 15) is 0 Å². The first kappa shape index (κ1) is 9.56. The third-order valence-corrected chi connectivity index (χ3v) is 2.10. The largest absolute Gasteiger partial charge is 0.273 e. The summed E-state index contributed by atoms with van der Waals surface area (Å²) in [4.78, 5) is 0. The first-order valence-corrected chi connectivity index (χ1v) is 4.28. The Hall–Kier alpha value is -0.530. The molecule has 12 heavy (non-hydrogen) atoms. The molecule has 0 unspecified atom stereocenters. The summed E-state index contributed by atoms with van der Waals surface area (Å²) in [6, 6.07) is 10.2. The van der Waals surface area contributed by atoms with Crippen LogP contribution < -0.4 is 0 Å². The van der Waals surface area contributed by atoms with E-state index in [1.165, 1.54) is 5.56 Å². The van der Waals surface area contributed by atoms with Crippen molar-refractivity contribution in [3.8, 4) is 0 Å². The van der Waals surface area contributed by atoms with Gasteiger partial charge in [0.2, 0.25) is 0 Å². The molecule has 0 saturated carbocycles. The van der Waals surface area contributed by atoms with Crippen LogP contribution in [0.4, 0.5) is 0 Å². The van der Waals surface area contributed by atoms with E-state index >= 15 is 0 Å². The number of rotatable bonds is 3. The van der Waals surface area contributed by atoms with Crippen molar-refractivity contribution in [3.63, 3.8) is 0 Å². The Kier molecular flexibility index (Phi) is 3.12. The normalized spacial score (nSPS) is 11.6. The molecule has 1 nitrogen and oxygen atoms in total. The molecule has 0 heterocycles. The summed E-state index contributed by atoms with van der Waals surface area (Å²) < 4.78 is 4.81. The maximum Gasteiger partial charge on any atom is 0.0881 e. The second kappa shape index (κ2) is 3.92. The number of hydrogen-bond acceptors (Lipinski definition) is 1. The van der Waals surface area contributed by atoms with Gasteiger partial charge in [-0.2, -0.15) is 0 Å². The van der Waals surface area contributed by atoms with Crippen LogP contribution in [0.5, 0.6) is 0 Å².